The molecule has 8 heteroatoms. The fourth-order valence-corrected chi connectivity index (χ4v) is 3.20. The van der Waals surface area contributed by atoms with Gasteiger partial charge in [0.05, 0.1) is 16.3 Å². The maximum absolute atomic E-state index is 11.7. The average molecular weight is 403 g/mol. The maximum Gasteiger partial charge on any atom is 0.294 e. The summed E-state index contributed by atoms with van der Waals surface area (Å²) in [4.78, 5) is 15.4. The molecular formula is C22H21N5O3. The van der Waals surface area contributed by atoms with Crippen LogP contribution in [0.25, 0.3) is 17.1 Å². The summed E-state index contributed by atoms with van der Waals surface area (Å²) in [5.41, 5.74) is 3.58. The van der Waals surface area contributed by atoms with Crippen LogP contribution in [0.3, 0.4) is 0 Å². The van der Waals surface area contributed by atoms with Crippen molar-refractivity contribution in [3.05, 3.63) is 88.1 Å². The van der Waals surface area contributed by atoms with Crippen molar-refractivity contribution in [2.45, 2.75) is 26.8 Å². The van der Waals surface area contributed by atoms with E-state index in [0.29, 0.717) is 23.7 Å². The van der Waals surface area contributed by atoms with Crippen molar-refractivity contribution in [3.63, 3.8) is 0 Å². The molecule has 0 atom stereocenters. The number of furan rings is 1. The molecule has 0 unspecified atom stereocenters. The molecule has 0 bridgehead atoms. The summed E-state index contributed by atoms with van der Waals surface area (Å²) >= 11 is 0. The van der Waals surface area contributed by atoms with Crippen LogP contribution in [0.15, 0.2) is 65.3 Å². The molecule has 0 amide bonds. The molecule has 0 saturated carbocycles. The zero-order valence-corrected chi connectivity index (χ0v) is 16.7. The first-order valence-corrected chi connectivity index (χ1v) is 9.62. The normalized spacial score (nSPS) is 10.9. The molecule has 1 aromatic carbocycles. The molecule has 3 heterocycles. The Hall–Kier alpha value is -3.94. The second-order valence-corrected chi connectivity index (χ2v) is 6.87. The van der Waals surface area contributed by atoms with Crippen molar-refractivity contribution in [2.75, 3.05) is 5.32 Å². The summed E-state index contributed by atoms with van der Waals surface area (Å²) < 4.78 is 7.46. The number of anilines is 1. The number of aryl methyl sites for hydroxylation is 2. The monoisotopic (exact) mass is 403 g/mol. The molecule has 8 nitrogen and oxygen atoms in total. The molecule has 4 rings (SSSR count). The highest BCUT2D eigenvalue weighted by molar-refractivity contribution is 5.67. The molecule has 4 aromatic rings. The third-order valence-electron chi connectivity index (χ3n) is 4.74. The molecule has 0 aliphatic carbocycles. The number of rotatable bonds is 7. The first-order chi connectivity index (χ1) is 14.5. The van der Waals surface area contributed by atoms with E-state index >= 15 is 0 Å². The molecule has 0 fully saturated rings. The van der Waals surface area contributed by atoms with E-state index in [-0.39, 0.29) is 5.69 Å². The number of aromatic nitrogens is 3. The Morgan fingerprint density at radius 2 is 2.07 bits per heavy atom. The fourth-order valence-electron chi connectivity index (χ4n) is 3.20. The number of benzene rings is 1. The van der Waals surface area contributed by atoms with Gasteiger partial charge in [0.2, 0.25) is 0 Å². The molecule has 0 aliphatic rings. The van der Waals surface area contributed by atoms with Gasteiger partial charge >= 0.3 is 0 Å². The van der Waals surface area contributed by atoms with Crippen LogP contribution < -0.4 is 5.32 Å². The van der Waals surface area contributed by atoms with Crippen LogP contribution in [0, 0.1) is 17.0 Å². The minimum Gasteiger partial charge on any atom is -0.460 e. The number of pyridine rings is 1. The quantitative estimate of drug-likeness (QED) is 0.347. The van der Waals surface area contributed by atoms with Crippen LogP contribution in [0.2, 0.25) is 0 Å². The van der Waals surface area contributed by atoms with Crippen molar-refractivity contribution in [3.8, 4) is 17.1 Å². The van der Waals surface area contributed by atoms with Gasteiger partial charge in [-0.25, -0.2) is 4.68 Å². The van der Waals surface area contributed by atoms with Gasteiger partial charge in [0.25, 0.3) is 5.69 Å². The summed E-state index contributed by atoms with van der Waals surface area (Å²) in [7, 11) is 0. The van der Waals surface area contributed by atoms with E-state index in [2.05, 4.69) is 15.4 Å². The largest absolute Gasteiger partial charge is 0.460 e. The standard InChI is InChI=1S/C22H21N5O3/c1-3-17-11-21(22-9-6-15(2)30-22)26(25-17)18-7-8-19(20(12-18)27(28)29)24-14-16-5-4-10-23-13-16/h4-13,24H,3,14H2,1-2H3. The highest BCUT2D eigenvalue weighted by Gasteiger charge is 2.19. The van der Waals surface area contributed by atoms with Crippen molar-refractivity contribution >= 4 is 11.4 Å². The summed E-state index contributed by atoms with van der Waals surface area (Å²) in [5, 5.41) is 19.5. The minimum absolute atomic E-state index is 0.0217. The van der Waals surface area contributed by atoms with E-state index in [1.165, 1.54) is 6.07 Å². The lowest BCUT2D eigenvalue weighted by molar-refractivity contribution is -0.383. The lowest BCUT2D eigenvalue weighted by Crippen LogP contribution is -2.05. The molecule has 30 heavy (non-hydrogen) atoms. The molecule has 0 saturated heterocycles. The summed E-state index contributed by atoms with van der Waals surface area (Å²) in [6.07, 6.45) is 4.15. The highest BCUT2D eigenvalue weighted by Crippen LogP contribution is 2.31. The number of nitrogens with zero attached hydrogens (tertiary/aromatic N) is 4. The predicted molar refractivity (Wildman–Crippen MR) is 114 cm³/mol. The van der Waals surface area contributed by atoms with Crippen LogP contribution in [0.1, 0.15) is 23.9 Å². The van der Waals surface area contributed by atoms with Gasteiger partial charge in [0.1, 0.15) is 17.1 Å². The van der Waals surface area contributed by atoms with Gasteiger partial charge in [-0.2, -0.15) is 5.10 Å². The Balaban J connectivity index is 1.71. The fraction of sp³-hybridized carbons (Fsp3) is 0.182. The molecular weight excluding hydrogens is 382 g/mol. The third kappa shape index (κ3) is 3.93. The van der Waals surface area contributed by atoms with E-state index in [9.17, 15) is 10.1 Å². The molecule has 1 N–H and O–H groups in total. The number of nitro benzene ring substituents is 1. The van der Waals surface area contributed by atoms with E-state index in [1.807, 2.05) is 50.2 Å². The summed E-state index contributed by atoms with van der Waals surface area (Å²) in [6.45, 7) is 4.32. The van der Waals surface area contributed by atoms with Crippen molar-refractivity contribution in [1.82, 2.24) is 14.8 Å². The van der Waals surface area contributed by atoms with Crippen LogP contribution in [0.4, 0.5) is 11.4 Å². The van der Waals surface area contributed by atoms with Gasteiger partial charge in [-0.15, -0.1) is 0 Å². The topological polar surface area (TPSA) is 99.0 Å². The first-order valence-electron chi connectivity index (χ1n) is 9.62. The SMILES string of the molecule is CCc1cc(-c2ccc(C)o2)n(-c2ccc(NCc3cccnc3)c([N+](=O)[O-])c2)n1. The molecule has 0 radical (unpaired) electrons. The van der Waals surface area contributed by atoms with Gasteiger partial charge in [-0.1, -0.05) is 13.0 Å². The molecule has 0 spiro atoms. The van der Waals surface area contributed by atoms with E-state index < -0.39 is 4.92 Å². The van der Waals surface area contributed by atoms with Gasteiger partial charge in [-0.05, 0) is 55.3 Å². The zero-order valence-electron chi connectivity index (χ0n) is 16.7. The Labute approximate surface area is 173 Å². The van der Waals surface area contributed by atoms with Crippen LogP contribution in [-0.2, 0) is 13.0 Å². The number of hydrogen-bond acceptors (Lipinski definition) is 6. The average Bonchev–Trinajstić information content (AvgIpc) is 3.39. The van der Waals surface area contributed by atoms with Crippen LogP contribution in [0.5, 0.6) is 0 Å². The predicted octanol–water partition coefficient (Wildman–Crippen LogP) is 4.92. The second kappa shape index (κ2) is 8.20. The number of nitrogens with one attached hydrogen (secondary N) is 1. The first kappa shape index (κ1) is 19.4. The lowest BCUT2D eigenvalue weighted by Gasteiger charge is -2.10. The lowest BCUT2D eigenvalue weighted by atomic mass is 10.2. The zero-order chi connectivity index (χ0) is 21.1. The third-order valence-corrected chi connectivity index (χ3v) is 4.74. The van der Waals surface area contributed by atoms with E-state index in [4.69, 9.17) is 4.42 Å². The minimum atomic E-state index is -0.393. The number of hydrogen-bond donors (Lipinski definition) is 1. The Kier molecular flexibility index (Phi) is 5.30. The highest BCUT2D eigenvalue weighted by atomic mass is 16.6. The van der Waals surface area contributed by atoms with Crippen LogP contribution in [-0.4, -0.2) is 19.7 Å². The molecule has 0 aliphatic heterocycles. The Bertz CT molecular complexity index is 1180. The van der Waals surface area contributed by atoms with Gasteiger partial charge in [0.15, 0.2) is 5.76 Å². The van der Waals surface area contributed by atoms with E-state index in [0.717, 1.165) is 29.1 Å². The van der Waals surface area contributed by atoms with Crippen molar-refractivity contribution in [1.29, 1.82) is 0 Å². The number of nitro groups is 1. The van der Waals surface area contributed by atoms with Gasteiger partial charge in [-0.3, -0.25) is 15.1 Å². The maximum atomic E-state index is 11.7. The second-order valence-electron chi connectivity index (χ2n) is 6.87. The van der Waals surface area contributed by atoms with Gasteiger partial charge in [0, 0.05) is 25.0 Å². The van der Waals surface area contributed by atoms with Crippen LogP contribution >= 0.6 is 0 Å². The molecule has 3 aromatic heterocycles. The summed E-state index contributed by atoms with van der Waals surface area (Å²) in [6, 6.07) is 14.5. The van der Waals surface area contributed by atoms with E-state index in [1.54, 1.807) is 23.1 Å². The smallest absolute Gasteiger partial charge is 0.294 e. The Morgan fingerprint density at radius 3 is 2.73 bits per heavy atom. The summed E-state index contributed by atoms with van der Waals surface area (Å²) in [5.74, 6) is 1.46. The van der Waals surface area contributed by atoms with Crippen molar-refractivity contribution in [2.24, 2.45) is 0 Å². The van der Waals surface area contributed by atoms with Gasteiger partial charge < -0.3 is 9.73 Å². The Morgan fingerprint density at radius 1 is 1.20 bits per heavy atom. The van der Waals surface area contributed by atoms with Crippen molar-refractivity contribution < 1.29 is 9.34 Å². The molecule has 152 valence electrons.